The summed E-state index contributed by atoms with van der Waals surface area (Å²) in [6.45, 7) is 8.80. The SMILES string of the molecule is CC(C)(C)c1cc(C(F)(F)F)c(C(C)(C)C)cc1C(F)(F)F. The van der Waals surface area contributed by atoms with E-state index in [9.17, 15) is 26.3 Å². The molecule has 0 fully saturated rings. The largest absolute Gasteiger partial charge is 0.416 e. The van der Waals surface area contributed by atoms with Gasteiger partial charge in [0.05, 0.1) is 11.1 Å². The molecule has 0 unspecified atom stereocenters. The zero-order valence-electron chi connectivity index (χ0n) is 13.4. The lowest BCUT2D eigenvalue weighted by Gasteiger charge is -2.30. The Morgan fingerprint density at radius 3 is 0.864 bits per heavy atom. The van der Waals surface area contributed by atoms with Crippen LogP contribution in [0.1, 0.15) is 63.8 Å². The van der Waals surface area contributed by atoms with Gasteiger partial charge in [0, 0.05) is 0 Å². The topological polar surface area (TPSA) is 0 Å². The van der Waals surface area contributed by atoms with E-state index in [1.807, 2.05) is 0 Å². The highest BCUT2D eigenvalue weighted by molar-refractivity contribution is 5.47. The number of halogens is 6. The molecular formula is C16H20F6. The molecule has 0 nitrogen and oxygen atoms in total. The summed E-state index contributed by atoms with van der Waals surface area (Å²) in [4.78, 5) is 0. The number of alkyl halides is 6. The molecule has 0 radical (unpaired) electrons. The normalized spacial score (nSPS) is 14.4. The highest BCUT2D eigenvalue weighted by Crippen LogP contribution is 2.45. The van der Waals surface area contributed by atoms with Gasteiger partial charge in [0.2, 0.25) is 0 Å². The van der Waals surface area contributed by atoms with Crippen LogP contribution in [0.2, 0.25) is 0 Å². The Bertz CT molecular complexity index is 452. The summed E-state index contributed by atoms with van der Waals surface area (Å²) in [6, 6.07) is 1.31. The Kier molecular flexibility index (Phi) is 4.43. The summed E-state index contributed by atoms with van der Waals surface area (Å²) in [6.07, 6.45) is -9.40. The van der Waals surface area contributed by atoms with Crippen LogP contribution < -0.4 is 0 Å². The van der Waals surface area contributed by atoms with Crippen molar-refractivity contribution >= 4 is 0 Å². The summed E-state index contributed by atoms with van der Waals surface area (Å²) in [7, 11) is 0. The average Bonchev–Trinajstić information content (AvgIpc) is 2.22. The molecule has 0 aliphatic heterocycles. The number of hydrogen-bond donors (Lipinski definition) is 0. The molecule has 0 bridgehead atoms. The molecule has 1 rings (SSSR count). The Labute approximate surface area is 126 Å². The number of benzene rings is 1. The van der Waals surface area contributed by atoms with Crippen LogP contribution in [0.15, 0.2) is 12.1 Å². The monoisotopic (exact) mass is 326 g/mol. The molecule has 0 spiro atoms. The van der Waals surface area contributed by atoms with E-state index in [4.69, 9.17) is 0 Å². The lowest BCUT2D eigenvalue weighted by atomic mass is 9.76. The van der Waals surface area contributed by atoms with Gasteiger partial charge in [-0.3, -0.25) is 0 Å². The standard InChI is InChI=1S/C16H20F6/c1-13(2,3)9-7-12(16(20,21)22)10(14(4,5)6)8-11(9)15(17,18)19/h7-8H,1-6H3. The van der Waals surface area contributed by atoms with Gasteiger partial charge in [0.1, 0.15) is 0 Å². The van der Waals surface area contributed by atoms with E-state index in [1.165, 1.54) is 41.5 Å². The second-order valence-corrected chi connectivity index (χ2v) is 7.44. The molecule has 0 aromatic heterocycles. The third-order valence-corrected chi connectivity index (χ3v) is 3.38. The fourth-order valence-electron chi connectivity index (χ4n) is 2.31. The third kappa shape index (κ3) is 3.96. The van der Waals surface area contributed by atoms with Crippen molar-refractivity contribution in [2.75, 3.05) is 0 Å². The van der Waals surface area contributed by atoms with Gasteiger partial charge in [-0.1, -0.05) is 41.5 Å². The molecule has 0 amide bonds. The molecule has 6 heteroatoms. The first-order chi connectivity index (χ1) is 9.45. The summed E-state index contributed by atoms with van der Waals surface area (Å²) in [5, 5.41) is 0. The van der Waals surface area contributed by atoms with E-state index in [1.54, 1.807) is 0 Å². The molecule has 0 heterocycles. The Morgan fingerprint density at radius 1 is 0.500 bits per heavy atom. The summed E-state index contributed by atoms with van der Waals surface area (Å²) in [5.74, 6) is 0. The number of rotatable bonds is 0. The van der Waals surface area contributed by atoms with Crippen LogP contribution >= 0.6 is 0 Å². The molecule has 22 heavy (non-hydrogen) atoms. The molecule has 1 aromatic carbocycles. The van der Waals surface area contributed by atoms with Gasteiger partial charge in [-0.15, -0.1) is 0 Å². The smallest absolute Gasteiger partial charge is 0.166 e. The second kappa shape index (κ2) is 5.17. The van der Waals surface area contributed by atoms with Gasteiger partial charge in [-0.05, 0) is 34.1 Å². The minimum atomic E-state index is -4.70. The lowest BCUT2D eigenvalue weighted by Crippen LogP contribution is -2.26. The van der Waals surface area contributed by atoms with Crippen molar-refractivity contribution in [1.82, 2.24) is 0 Å². The molecule has 0 aliphatic carbocycles. The molecule has 0 saturated heterocycles. The maximum atomic E-state index is 13.3. The molecule has 0 aliphatic rings. The van der Waals surface area contributed by atoms with E-state index >= 15 is 0 Å². The molecule has 0 N–H and O–H groups in total. The van der Waals surface area contributed by atoms with Crippen LogP contribution in [-0.2, 0) is 23.2 Å². The average molecular weight is 326 g/mol. The van der Waals surface area contributed by atoms with Gasteiger partial charge < -0.3 is 0 Å². The fraction of sp³-hybridized carbons (Fsp3) is 0.625. The van der Waals surface area contributed by atoms with Gasteiger partial charge in [-0.25, -0.2) is 0 Å². The lowest BCUT2D eigenvalue weighted by molar-refractivity contribution is -0.143. The maximum absolute atomic E-state index is 13.3. The van der Waals surface area contributed by atoms with Gasteiger partial charge >= 0.3 is 12.4 Å². The van der Waals surface area contributed by atoms with Gasteiger partial charge in [0.15, 0.2) is 0 Å². The minimum absolute atomic E-state index is 0.347. The Morgan fingerprint density at radius 2 is 0.727 bits per heavy atom. The van der Waals surface area contributed by atoms with Crippen molar-refractivity contribution in [3.05, 3.63) is 34.4 Å². The summed E-state index contributed by atoms with van der Waals surface area (Å²) < 4.78 is 79.8. The predicted molar refractivity (Wildman–Crippen MR) is 73.8 cm³/mol. The zero-order valence-corrected chi connectivity index (χ0v) is 13.4. The molecule has 0 atom stereocenters. The Balaban J connectivity index is 3.90. The van der Waals surface area contributed by atoms with Crippen LogP contribution in [0.5, 0.6) is 0 Å². The predicted octanol–water partition coefficient (Wildman–Crippen LogP) is 6.32. The summed E-state index contributed by atoms with van der Waals surface area (Å²) in [5.41, 5.74) is -4.81. The van der Waals surface area contributed by atoms with Crippen molar-refractivity contribution in [2.24, 2.45) is 0 Å². The Hall–Kier alpha value is -1.20. The van der Waals surface area contributed by atoms with E-state index in [-0.39, 0.29) is 11.1 Å². The minimum Gasteiger partial charge on any atom is -0.166 e. The van der Waals surface area contributed by atoms with Crippen molar-refractivity contribution < 1.29 is 26.3 Å². The van der Waals surface area contributed by atoms with E-state index < -0.39 is 34.3 Å². The second-order valence-electron chi connectivity index (χ2n) is 7.44. The maximum Gasteiger partial charge on any atom is 0.416 e. The van der Waals surface area contributed by atoms with Crippen molar-refractivity contribution in [3.8, 4) is 0 Å². The highest BCUT2D eigenvalue weighted by atomic mass is 19.4. The van der Waals surface area contributed by atoms with Gasteiger partial charge in [-0.2, -0.15) is 26.3 Å². The highest BCUT2D eigenvalue weighted by Gasteiger charge is 2.43. The van der Waals surface area contributed by atoms with Gasteiger partial charge in [0.25, 0.3) is 0 Å². The van der Waals surface area contributed by atoms with Crippen LogP contribution in [0.25, 0.3) is 0 Å². The molecule has 126 valence electrons. The van der Waals surface area contributed by atoms with E-state index in [0.717, 1.165) is 0 Å². The van der Waals surface area contributed by atoms with Crippen molar-refractivity contribution in [1.29, 1.82) is 0 Å². The van der Waals surface area contributed by atoms with E-state index in [2.05, 4.69) is 0 Å². The first-order valence-electron chi connectivity index (χ1n) is 6.79. The van der Waals surface area contributed by atoms with Crippen LogP contribution in [0.4, 0.5) is 26.3 Å². The summed E-state index contributed by atoms with van der Waals surface area (Å²) >= 11 is 0. The van der Waals surface area contributed by atoms with Crippen molar-refractivity contribution in [3.63, 3.8) is 0 Å². The van der Waals surface area contributed by atoms with Crippen molar-refractivity contribution in [2.45, 2.75) is 64.7 Å². The van der Waals surface area contributed by atoms with Crippen LogP contribution in [0, 0.1) is 0 Å². The molecular weight excluding hydrogens is 306 g/mol. The van der Waals surface area contributed by atoms with Crippen LogP contribution in [-0.4, -0.2) is 0 Å². The quantitative estimate of drug-likeness (QED) is 0.489. The first-order valence-corrected chi connectivity index (χ1v) is 6.79. The number of hydrogen-bond acceptors (Lipinski definition) is 0. The third-order valence-electron chi connectivity index (χ3n) is 3.38. The van der Waals surface area contributed by atoms with Crippen LogP contribution in [0.3, 0.4) is 0 Å². The molecule has 1 aromatic rings. The van der Waals surface area contributed by atoms with E-state index in [0.29, 0.717) is 12.1 Å². The molecule has 0 saturated carbocycles. The zero-order chi connectivity index (χ0) is 17.7. The first kappa shape index (κ1) is 18.8. The fourth-order valence-corrected chi connectivity index (χ4v) is 2.31.